The average molecular weight is 262 g/mol. The van der Waals surface area contributed by atoms with Crippen LogP contribution in [-0.2, 0) is 11.3 Å². The normalized spacial score (nSPS) is 19.7. The molecule has 1 fully saturated rings. The molecule has 0 bridgehead atoms. The van der Waals surface area contributed by atoms with Gasteiger partial charge in [-0.2, -0.15) is 0 Å². The molecule has 0 saturated carbocycles. The lowest BCUT2D eigenvalue weighted by molar-refractivity contribution is 0.0384. The lowest BCUT2D eigenvalue weighted by atomic mass is 10.1. The summed E-state index contributed by atoms with van der Waals surface area (Å²) in [7, 11) is 0. The zero-order valence-electron chi connectivity index (χ0n) is 12.2. The number of nitrogens with zero attached hydrogens (tertiary/aromatic N) is 1. The number of rotatable bonds is 6. The van der Waals surface area contributed by atoms with Gasteiger partial charge < -0.3 is 15.0 Å². The Kier molecular flexibility index (Phi) is 5.67. The predicted molar refractivity (Wildman–Crippen MR) is 80.7 cm³/mol. The van der Waals surface area contributed by atoms with Crippen molar-refractivity contribution in [3.05, 3.63) is 29.8 Å². The van der Waals surface area contributed by atoms with Crippen LogP contribution in [0.2, 0.25) is 0 Å². The molecule has 1 heterocycles. The molecule has 0 amide bonds. The Bertz CT molecular complexity index is 381. The second-order valence-electron chi connectivity index (χ2n) is 5.15. The summed E-state index contributed by atoms with van der Waals surface area (Å²) >= 11 is 0. The monoisotopic (exact) mass is 262 g/mol. The fourth-order valence-electron chi connectivity index (χ4n) is 2.55. The molecule has 1 saturated heterocycles. The topological polar surface area (TPSA) is 24.5 Å². The van der Waals surface area contributed by atoms with Crippen molar-refractivity contribution in [1.82, 2.24) is 5.32 Å². The van der Waals surface area contributed by atoms with Crippen LogP contribution in [0.5, 0.6) is 0 Å². The highest BCUT2D eigenvalue weighted by atomic mass is 16.5. The minimum Gasteiger partial charge on any atom is -0.375 e. The Morgan fingerprint density at radius 3 is 2.95 bits per heavy atom. The number of ether oxygens (including phenoxy) is 1. The molecule has 0 aliphatic carbocycles. The van der Waals surface area contributed by atoms with Crippen LogP contribution < -0.4 is 10.2 Å². The molecule has 3 heteroatoms. The third-order valence-corrected chi connectivity index (χ3v) is 3.67. The van der Waals surface area contributed by atoms with Gasteiger partial charge in [0.1, 0.15) is 0 Å². The molecular weight excluding hydrogens is 236 g/mol. The van der Waals surface area contributed by atoms with E-state index in [0.29, 0.717) is 6.10 Å². The van der Waals surface area contributed by atoms with Crippen LogP contribution in [-0.4, -0.2) is 32.3 Å². The van der Waals surface area contributed by atoms with Gasteiger partial charge in [-0.1, -0.05) is 32.0 Å². The van der Waals surface area contributed by atoms with E-state index in [2.05, 4.69) is 48.3 Å². The SMILES string of the molecule is CCCNCc1ccccc1N1CCOC(CC)C1. The van der Waals surface area contributed by atoms with Gasteiger partial charge >= 0.3 is 0 Å². The van der Waals surface area contributed by atoms with Crippen LogP contribution >= 0.6 is 0 Å². The molecule has 2 rings (SSSR count). The number of anilines is 1. The highest BCUT2D eigenvalue weighted by Gasteiger charge is 2.20. The van der Waals surface area contributed by atoms with Crippen LogP contribution in [0.25, 0.3) is 0 Å². The lowest BCUT2D eigenvalue weighted by Gasteiger charge is -2.35. The van der Waals surface area contributed by atoms with E-state index in [1.807, 2.05) is 0 Å². The zero-order valence-corrected chi connectivity index (χ0v) is 12.2. The van der Waals surface area contributed by atoms with Crippen molar-refractivity contribution in [1.29, 1.82) is 0 Å². The van der Waals surface area contributed by atoms with Gasteiger partial charge in [-0.05, 0) is 31.0 Å². The maximum absolute atomic E-state index is 5.76. The maximum atomic E-state index is 5.76. The molecular formula is C16H26N2O. The minimum atomic E-state index is 0.380. The first-order chi connectivity index (χ1) is 9.35. The van der Waals surface area contributed by atoms with E-state index in [4.69, 9.17) is 4.74 Å². The van der Waals surface area contributed by atoms with E-state index in [-0.39, 0.29) is 0 Å². The van der Waals surface area contributed by atoms with Crippen molar-refractivity contribution < 1.29 is 4.74 Å². The van der Waals surface area contributed by atoms with E-state index < -0.39 is 0 Å². The fourth-order valence-corrected chi connectivity index (χ4v) is 2.55. The quantitative estimate of drug-likeness (QED) is 0.798. The number of para-hydroxylation sites is 1. The van der Waals surface area contributed by atoms with Crippen molar-refractivity contribution in [2.75, 3.05) is 31.1 Å². The van der Waals surface area contributed by atoms with Gasteiger partial charge in [0.2, 0.25) is 0 Å². The first-order valence-electron chi connectivity index (χ1n) is 7.50. The Balaban J connectivity index is 2.05. The second kappa shape index (κ2) is 7.51. The Morgan fingerprint density at radius 2 is 2.16 bits per heavy atom. The summed E-state index contributed by atoms with van der Waals surface area (Å²) in [5, 5.41) is 3.50. The molecule has 106 valence electrons. The maximum Gasteiger partial charge on any atom is 0.0748 e. The highest BCUT2D eigenvalue weighted by Crippen LogP contribution is 2.23. The third-order valence-electron chi connectivity index (χ3n) is 3.67. The minimum absolute atomic E-state index is 0.380. The average Bonchev–Trinajstić information content (AvgIpc) is 2.48. The molecule has 3 nitrogen and oxygen atoms in total. The molecule has 0 radical (unpaired) electrons. The van der Waals surface area contributed by atoms with E-state index in [9.17, 15) is 0 Å². The van der Waals surface area contributed by atoms with Gasteiger partial charge in [-0.25, -0.2) is 0 Å². The van der Waals surface area contributed by atoms with Gasteiger partial charge in [0.05, 0.1) is 12.7 Å². The number of morpholine rings is 1. The van der Waals surface area contributed by atoms with E-state index in [1.54, 1.807) is 0 Å². The van der Waals surface area contributed by atoms with Crippen molar-refractivity contribution in [3.8, 4) is 0 Å². The molecule has 0 aromatic heterocycles. The second-order valence-corrected chi connectivity index (χ2v) is 5.15. The lowest BCUT2D eigenvalue weighted by Crippen LogP contribution is -2.42. The Labute approximate surface area is 116 Å². The number of hydrogen-bond acceptors (Lipinski definition) is 3. The molecule has 1 aliphatic rings. The Morgan fingerprint density at radius 1 is 1.32 bits per heavy atom. The number of nitrogens with one attached hydrogen (secondary N) is 1. The summed E-state index contributed by atoms with van der Waals surface area (Å²) in [5.41, 5.74) is 2.76. The van der Waals surface area contributed by atoms with Gasteiger partial charge in [0, 0.05) is 25.3 Å². The van der Waals surface area contributed by atoms with E-state index >= 15 is 0 Å². The van der Waals surface area contributed by atoms with Crippen molar-refractivity contribution >= 4 is 5.69 Å². The first-order valence-corrected chi connectivity index (χ1v) is 7.50. The summed E-state index contributed by atoms with van der Waals surface area (Å²) < 4.78 is 5.76. The van der Waals surface area contributed by atoms with Crippen LogP contribution in [0, 0.1) is 0 Å². The van der Waals surface area contributed by atoms with Gasteiger partial charge in [-0.15, -0.1) is 0 Å². The van der Waals surface area contributed by atoms with Crippen molar-refractivity contribution in [2.45, 2.75) is 39.3 Å². The first kappa shape index (κ1) is 14.4. The molecule has 1 aliphatic heterocycles. The smallest absolute Gasteiger partial charge is 0.0748 e. The zero-order chi connectivity index (χ0) is 13.5. The van der Waals surface area contributed by atoms with Gasteiger partial charge in [-0.3, -0.25) is 0 Å². The fraction of sp³-hybridized carbons (Fsp3) is 0.625. The predicted octanol–water partition coefficient (Wildman–Crippen LogP) is 2.80. The molecule has 19 heavy (non-hydrogen) atoms. The molecule has 1 N–H and O–H groups in total. The van der Waals surface area contributed by atoms with Crippen LogP contribution in [0.4, 0.5) is 5.69 Å². The molecule has 0 spiro atoms. The summed E-state index contributed by atoms with van der Waals surface area (Å²) in [5.74, 6) is 0. The van der Waals surface area contributed by atoms with E-state index in [0.717, 1.165) is 39.2 Å². The van der Waals surface area contributed by atoms with Crippen LogP contribution in [0.3, 0.4) is 0 Å². The third kappa shape index (κ3) is 3.95. The number of benzene rings is 1. The summed E-state index contributed by atoms with van der Waals surface area (Å²) in [6.07, 6.45) is 2.65. The summed E-state index contributed by atoms with van der Waals surface area (Å²) in [6.45, 7) is 9.29. The Hall–Kier alpha value is -1.06. The van der Waals surface area contributed by atoms with Gasteiger partial charge in [0.25, 0.3) is 0 Å². The van der Waals surface area contributed by atoms with Crippen molar-refractivity contribution in [2.24, 2.45) is 0 Å². The standard InChI is InChI=1S/C16H26N2O/c1-3-9-17-12-14-7-5-6-8-16(14)18-10-11-19-15(4-2)13-18/h5-8,15,17H,3-4,9-13H2,1-2H3. The van der Waals surface area contributed by atoms with Crippen LogP contribution in [0.1, 0.15) is 32.3 Å². The highest BCUT2D eigenvalue weighted by molar-refractivity contribution is 5.54. The van der Waals surface area contributed by atoms with Gasteiger partial charge in [0.15, 0.2) is 0 Å². The largest absolute Gasteiger partial charge is 0.375 e. The summed E-state index contributed by atoms with van der Waals surface area (Å²) in [6, 6.07) is 8.73. The van der Waals surface area contributed by atoms with E-state index in [1.165, 1.54) is 17.7 Å². The molecule has 1 atom stereocenters. The molecule has 1 aromatic rings. The van der Waals surface area contributed by atoms with Crippen molar-refractivity contribution in [3.63, 3.8) is 0 Å². The summed E-state index contributed by atoms with van der Waals surface area (Å²) in [4.78, 5) is 2.47. The molecule has 1 unspecified atom stereocenters. The number of hydrogen-bond donors (Lipinski definition) is 1. The molecule has 1 aromatic carbocycles. The van der Waals surface area contributed by atoms with Crippen LogP contribution in [0.15, 0.2) is 24.3 Å².